The van der Waals surface area contributed by atoms with Crippen molar-refractivity contribution < 1.29 is 28.0 Å². The number of piperidine rings is 1. The van der Waals surface area contributed by atoms with E-state index in [2.05, 4.69) is 10.2 Å². The highest BCUT2D eigenvalue weighted by Gasteiger charge is 2.40. The van der Waals surface area contributed by atoms with Crippen LogP contribution in [0.3, 0.4) is 0 Å². The number of ether oxygens (including phenoxy) is 2. The summed E-state index contributed by atoms with van der Waals surface area (Å²) in [5.41, 5.74) is 2.35. The van der Waals surface area contributed by atoms with Crippen LogP contribution in [-0.2, 0) is 34.0 Å². The lowest BCUT2D eigenvalue weighted by Gasteiger charge is -2.29. The van der Waals surface area contributed by atoms with Crippen LogP contribution in [-0.4, -0.2) is 59.9 Å². The third-order valence-electron chi connectivity index (χ3n) is 6.24. The highest BCUT2D eigenvalue weighted by molar-refractivity contribution is 6.05. The first-order chi connectivity index (χ1) is 17.3. The third-order valence-corrected chi connectivity index (χ3v) is 6.24. The monoisotopic (exact) mass is 452 g/mol. The second-order valence-electron chi connectivity index (χ2n) is 8.45. The van der Waals surface area contributed by atoms with E-state index in [0.29, 0.717) is 5.56 Å². The van der Waals surface area contributed by atoms with E-state index in [9.17, 15) is 14.4 Å². The molecule has 2 saturated heterocycles. The fourth-order valence-corrected chi connectivity index (χ4v) is 4.40. The van der Waals surface area contributed by atoms with E-state index in [1.165, 1.54) is 10.5 Å². The van der Waals surface area contributed by atoms with Gasteiger partial charge in [-0.2, -0.15) is 0 Å². The van der Waals surface area contributed by atoms with Gasteiger partial charge in [0.15, 0.2) is 0 Å². The lowest BCUT2D eigenvalue weighted by molar-refractivity contribution is -0.136. The summed E-state index contributed by atoms with van der Waals surface area (Å²) in [4.78, 5) is 40.7. The minimum absolute atomic E-state index is 0.0171. The summed E-state index contributed by atoms with van der Waals surface area (Å²) in [7, 11) is 0. The van der Waals surface area contributed by atoms with E-state index in [4.69, 9.17) is 13.6 Å². The molecule has 2 aromatic carbocycles. The molecule has 3 amide bonds. The number of benzene rings is 2. The van der Waals surface area contributed by atoms with E-state index in [-0.39, 0.29) is 55.3 Å². The van der Waals surface area contributed by atoms with Crippen molar-refractivity contribution in [3.05, 3.63) is 64.6 Å². The fourth-order valence-electron chi connectivity index (χ4n) is 4.40. The molecular weight excluding hydrogens is 422 g/mol. The predicted molar refractivity (Wildman–Crippen MR) is 119 cm³/mol. The van der Waals surface area contributed by atoms with Gasteiger partial charge in [0.05, 0.1) is 23.9 Å². The van der Waals surface area contributed by atoms with Crippen molar-refractivity contribution >= 4 is 17.7 Å². The molecule has 0 spiro atoms. The number of carbonyl (C=O) groups is 3. The Hall–Kier alpha value is -3.23. The molecule has 0 aliphatic carbocycles. The first-order valence-electron chi connectivity index (χ1n) is 12.6. The van der Waals surface area contributed by atoms with Gasteiger partial charge in [-0.3, -0.25) is 24.6 Å². The molecule has 33 heavy (non-hydrogen) atoms. The van der Waals surface area contributed by atoms with E-state index >= 15 is 0 Å². The van der Waals surface area contributed by atoms with Crippen LogP contribution in [0.5, 0.6) is 5.75 Å². The number of nitrogens with one attached hydrogen (secondary N) is 1. The number of morpholine rings is 1. The maximum absolute atomic E-state index is 13.2. The highest BCUT2D eigenvalue weighted by Crippen LogP contribution is 2.34. The Morgan fingerprint density at radius 2 is 1.85 bits per heavy atom. The third kappa shape index (κ3) is 4.62. The van der Waals surface area contributed by atoms with Gasteiger partial charge in [-0.25, -0.2) is 0 Å². The van der Waals surface area contributed by atoms with E-state index in [1.54, 1.807) is 0 Å². The van der Waals surface area contributed by atoms with Gasteiger partial charge in [0.1, 0.15) is 18.4 Å². The SMILES string of the molecule is [2H]c1c([2H])c(OCc2ccc(CN3CCOCC3)cc2)c2c(c1[2H])C(=O)N(C1CCC(=O)NC1=O)C2. The molecule has 2 aromatic rings. The first-order valence-corrected chi connectivity index (χ1v) is 11.1. The van der Waals surface area contributed by atoms with Crippen molar-refractivity contribution in [3.63, 3.8) is 0 Å². The Morgan fingerprint density at radius 3 is 2.61 bits per heavy atom. The van der Waals surface area contributed by atoms with Crippen molar-refractivity contribution in [1.82, 2.24) is 15.1 Å². The summed E-state index contributed by atoms with van der Waals surface area (Å²) in [5.74, 6) is -1.43. The summed E-state index contributed by atoms with van der Waals surface area (Å²) in [6, 6.07) is 6.08. The van der Waals surface area contributed by atoms with E-state index in [0.717, 1.165) is 38.4 Å². The normalized spacial score (nSPS) is 22.4. The molecule has 0 radical (unpaired) electrons. The van der Waals surface area contributed by atoms with Crippen LogP contribution >= 0.6 is 0 Å². The number of amides is 3. The zero-order chi connectivity index (χ0) is 25.4. The molecule has 1 atom stereocenters. The Morgan fingerprint density at radius 1 is 1.09 bits per heavy atom. The van der Waals surface area contributed by atoms with Crippen LogP contribution in [0.1, 0.15) is 44.0 Å². The first kappa shape index (κ1) is 18.2. The van der Waals surface area contributed by atoms with E-state index < -0.39 is 23.9 Å². The molecule has 3 aliphatic heterocycles. The van der Waals surface area contributed by atoms with Gasteiger partial charge >= 0.3 is 0 Å². The minimum atomic E-state index is -0.850. The molecule has 2 fully saturated rings. The molecule has 3 heterocycles. The molecular formula is C25H27N3O5. The lowest BCUT2D eigenvalue weighted by atomic mass is 10.0. The molecule has 0 aromatic heterocycles. The second kappa shape index (κ2) is 9.33. The minimum Gasteiger partial charge on any atom is -0.489 e. The maximum atomic E-state index is 13.2. The van der Waals surface area contributed by atoms with Crippen LogP contribution in [0.25, 0.3) is 0 Å². The zero-order valence-electron chi connectivity index (χ0n) is 21.2. The average molecular weight is 453 g/mol. The molecule has 3 aliphatic rings. The van der Waals surface area contributed by atoms with E-state index in [1.807, 2.05) is 24.3 Å². The lowest BCUT2D eigenvalue weighted by Crippen LogP contribution is -2.52. The molecule has 5 rings (SSSR count). The average Bonchev–Trinajstić information content (AvgIpc) is 3.21. The molecule has 0 saturated carbocycles. The number of hydrogen-bond acceptors (Lipinski definition) is 6. The predicted octanol–water partition coefficient (Wildman–Crippen LogP) is 1.86. The Labute approximate surface area is 196 Å². The summed E-state index contributed by atoms with van der Waals surface area (Å²) in [5, 5.41) is 2.25. The van der Waals surface area contributed by atoms with Crippen LogP contribution in [0, 0.1) is 0 Å². The summed E-state index contributed by atoms with van der Waals surface area (Å²) >= 11 is 0. The number of nitrogens with zero attached hydrogens (tertiary/aromatic N) is 2. The number of fused-ring (bicyclic) bond motifs is 1. The van der Waals surface area contributed by atoms with Crippen molar-refractivity contribution in [2.75, 3.05) is 26.3 Å². The molecule has 0 bridgehead atoms. The molecule has 172 valence electrons. The summed E-state index contributed by atoms with van der Waals surface area (Å²) in [6.07, 6.45) is 0.300. The highest BCUT2D eigenvalue weighted by atomic mass is 16.5. The number of hydrogen-bond donors (Lipinski definition) is 1. The molecule has 1 N–H and O–H groups in total. The largest absolute Gasteiger partial charge is 0.489 e. The Kier molecular flexibility index (Phi) is 5.15. The molecule has 8 nitrogen and oxygen atoms in total. The van der Waals surface area contributed by atoms with Gasteiger partial charge in [0.2, 0.25) is 11.8 Å². The maximum Gasteiger partial charge on any atom is 0.255 e. The fraction of sp³-hybridized carbons (Fsp3) is 0.400. The van der Waals surface area contributed by atoms with Crippen molar-refractivity contribution in [2.24, 2.45) is 0 Å². The number of carbonyl (C=O) groups excluding carboxylic acids is 3. The standard InChI is InChI=1S/C25H27N3O5/c29-23-9-8-21(24(30)26-23)28-15-20-19(25(28)31)2-1-3-22(20)33-16-18-6-4-17(5-7-18)14-27-10-12-32-13-11-27/h1-7,21H,8-16H2,(H,26,29,30)/i1D,2D,3D. The van der Waals surface area contributed by atoms with Crippen molar-refractivity contribution in [2.45, 2.75) is 38.6 Å². The van der Waals surface area contributed by atoms with Crippen molar-refractivity contribution in [1.29, 1.82) is 0 Å². The van der Waals surface area contributed by atoms with Gasteiger partial charge in [0.25, 0.3) is 5.91 Å². The molecule has 8 heteroatoms. The Balaban J connectivity index is 1.33. The van der Waals surface area contributed by atoms with Gasteiger partial charge in [0, 0.05) is 37.2 Å². The smallest absolute Gasteiger partial charge is 0.255 e. The van der Waals surface area contributed by atoms with Crippen LogP contribution in [0.2, 0.25) is 0 Å². The van der Waals surface area contributed by atoms with Gasteiger partial charge < -0.3 is 14.4 Å². The quantitative estimate of drug-likeness (QED) is 0.674. The van der Waals surface area contributed by atoms with Gasteiger partial charge in [-0.15, -0.1) is 0 Å². The number of rotatable bonds is 6. The van der Waals surface area contributed by atoms with Gasteiger partial charge in [-0.05, 0) is 29.6 Å². The Bertz CT molecular complexity index is 1210. The zero-order valence-corrected chi connectivity index (χ0v) is 18.2. The summed E-state index contributed by atoms with van der Waals surface area (Å²) < 4.78 is 36.2. The van der Waals surface area contributed by atoms with Crippen LogP contribution in [0.15, 0.2) is 42.4 Å². The molecule has 1 unspecified atom stereocenters. The van der Waals surface area contributed by atoms with Crippen LogP contribution in [0.4, 0.5) is 0 Å². The van der Waals surface area contributed by atoms with Gasteiger partial charge in [-0.1, -0.05) is 30.3 Å². The second-order valence-corrected chi connectivity index (χ2v) is 8.45. The topological polar surface area (TPSA) is 88.2 Å². The summed E-state index contributed by atoms with van der Waals surface area (Å²) in [6.45, 7) is 4.22. The van der Waals surface area contributed by atoms with Crippen LogP contribution < -0.4 is 10.1 Å². The number of imide groups is 1. The van der Waals surface area contributed by atoms with Crippen molar-refractivity contribution in [3.8, 4) is 5.75 Å².